The Morgan fingerprint density at radius 3 is 2.68 bits per heavy atom. The maximum absolute atomic E-state index is 12.1. The number of anilines is 1. The summed E-state index contributed by atoms with van der Waals surface area (Å²) in [5.74, 6) is 0.121. The van der Waals surface area contributed by atoms with Crippen LogP contribution >= 0.6 is 11.8 Å². The normalized spacial score (nSPS) is 23.0. The Labute approximate surface area is 119 Å². The van der Waals surface area contributed by atoms with Crippen molar-refractivity contribution in [2.45, 2.75) is 43.4 Å². The molecule has 4 heteroatoms. The second-order valence-corrected chi connectivity index (χ2v) is 6.23. The summed E-state index contributed by atoms with van der Waals surface area (Å²) in [6, 6.07) is 7.86. The number of nitrogen functional groups attached to an aromatic ring is 1. The summed E-state index contributed by atoms with van der Waals surface area (Å²) in [5, 5.41) is 3.77. The van der Waals surface area contributed by atoms with Gasteiger partial charge < -0.3 is 11.1 Å². The molecule has 2 unspecified atom stereocenters. The van der Waals surface area contributed by atoms with E-state index in [-0.39, 0.29) is 5.91 Å². The van der Waals surface area contributed by atoms with E-state index in [1.54, 1.807) is 0 Å². The third kappa shape index (κ3) is 4.16. The number of carbonyl (C=O) groups is 1. The monoisotopic (exact) mass is 278 g/mol. The van der Waals surface area contributed by atoms with Crippen molar-refractivity contribution in [3.8, 4) is 0 Å². The van der Waals surface area contributed by atoms with E-state index in [9.17, 15) is 4.79 Å². The summed E-state index contributed by atoms with van der Waals surface area (Å²) in [5.41, 5.74) is 7.39. The van der Waals surface area contributed by atoms with Crippen LogP contribution in [0.15, 0.2) is 24.3 Å². The highest BCUT2D eigenvalue weighted by Gasteiger charge is 2.25. The molecule has 1 aromatic rings. The van der Waals surface area contributed by atoms with Gasteiger partial charge in [-0.3, -0.25) is 4.79 Å². The smallest absolute Gasteiger partial charge is 0.224 e. The van der Waals surface area contributed by atoms with Crippen LogP contribution in [0.3, 0.4) is 0 Å². The average molecular weight is 278 g/mol. The predicted molar refractivity (Wildman–Crippen MR) is 82.3 cm³/mol. The minimum absolute atomic E-state index is 0.121. The molecule has 19 heavy (non-hydrogen) atoms. The first-order chi connectivity index (χ1) is 9.19. The molecule has 0 bridgehead atoms. The Kier molecular flexibility index (Phi) is 5.14. The van der Waals surface area contributed by atoms with Gasteiger partial charge in [0, 0.05) is 17.0 Å². The van der Waals surface area contributed by atoms with Crippen molar-refractivity contribution in [3.63, 3.8) is 0 Å². The second-order valence-electron chi connectivity index (χ2n) is 5.15. The molecule has 104 valence electrons. The molecule has 3 N–H and O–H groups in total. The van der Waals surface area contributed by atoms with E-state index in [2.05, 4.69) is 11.6 Å². The number of benzene rings is 1. The van der Waals surface area contributed by atoms with Crippen LogP contribution in [0.1, 0.15) is 31.2 Å². The van der Waals surface area contributed by atoms with Gasteiger partial charge in [0.25, 0.3) is 0 Å². The van der Waals surface area contributed by atoms with Crippen molar-refractivity contribution in [1.29, 1.82) is 0 Å². The van der Waals surface area contributed by atoms with Gasteiger partial charge in [0.05, 0.1) is 6.42 Å². The maximum Gasteiger partial charge on any atom is 0.224 e. The van der Waals surface area contributed by atoms with Gasteiger partial charge in [-0.15, -0.1) is 0 Å². The number of hydrogen-bond acceptors (Lipinski definition) is 3. The van der Waals surface area contributed by atoms with Crippen LogP contribution in [0.4, 0.5) is 5.69 Å². The molecule has 1 amide bonds. The van der Waals surface area contributed by atoms with Gasteiger partial charge in [0.15, 0.2) is 0 Å². The largest absolute Gasteiger partial charge is 0.399 e. The Bertz CT molecular complexity index is 419. The first kappa shape index (κ1) is 14.3. The number of hydrogen-bond donors (Lipinski definition) is 2. The third-order valence-electron chi connectivity index (χ3n) is 3.70. The molecule has 0 spiro atoms. The molecule has 2 rings (SSSR count). The zero-order valence-corrected chi connectivity index (χ0v) is 12.2. The minimum atomic E-state index is 0.121. The van der Waals surface area contributed by atoms with Gasteiger partial charge in [0.1, 0.15) is 0 Å². The average Bonchev–Trinajstić information content (AvgIpc) is 2.42. The molecule has 0 radical (unpaired) electrons. The molecule has 0 heterocycles. The molecule has 2 atom stereocenters. The van der Waals surface area contributed by atoms with Crippen LogP contribution in [0.5, 0.6) is 0 Å². The highest BCUT2D eigenvalue weighted by molar-refractivity contribution is 7.99. The van der Waals surface area contributed by atoms with Gasteiger partial charge in [-0.25, -0.2) is 0 Å². The van der Waals surface area contributed by atoms with Crippen LogP contribution in [0.25, 0.3) is 0 Å². The second kappa shape index (κ2) is 6.85. The zero-order valence-electron chi connectivity index (χ0n) is 11.4. The lowest BCUT2D eigenvalue weighted by Crippen LogP contribution is -2.44. The highest BCUT2D eigenvalue weighted by atomic mass is 32.2. The third-order valence-corrected chi connectivity index (χ3v) is 4.87. The quantitative estimate of drug-likeness (QED) is 0.832. The van der Waals surface area contributed by atoms with E-state index in [1.807, 2.05) is 36.0 Å². The van der Waals surface area contributed by atoms with Crippen LogP contribution in [0.2, 0.25) is 0 Å². The fraction of sp³-hybridized carbons (Fsp3) is 0.533. The van der Waals surface area contributed by atoms with Gasteiger partial charge in [-0.2, -0.15) is 11.8 Å². The zero-order chi connectivity index (χ0) is 13.7. The number of thioether (sulfide) groups is 1. The molecule has 1 aliphatic carbocycles. The van der Waals surface area contributed by atoms with Crippen molar-refractivity contribution in [2.24, 2.45) is 0 Å². The van der Waals surface area contributed by atoms with Crippen molar-refractivity contribution < 1.29 is 4.79 Å². The van der Waals surface area contributed by atoms with Crippen molar-refractivity contribution in [3.05, 3.63) is 29.8 Å². The van der Waals surface area contributed by atoms with E-state index >= 15 is 0 Å². The van der Waals surface area contributed by atoms with Crippen LogP contribution in [-0.2, 0) is 11.2 Å². The number of rotatable bonds is 4. The van der Waals surface area contributed by atoms with Crippen molar-refractivity contribution in [2.75, 3.05) is 12.0 Å². The highest BCUT2D eigenvalue weighted by Crippen LogP contribution is 2.27. The molecule has 0 aromatic heterocycles. The van der Waals surface area contributed by atoms with E-state index < -0.39 is 0 Å². The standard InChI is InChI=1S/C15H22N2OS/c1-19-14-5-3-2-4-13(14)17-15(18)10-11-6-8-12(16)9-7-11/h6-9,13-14H,2-5,10,16H2,1H3,(H,17,18). The molecule has 1 aliphatic rings. The Morgan fingerprint density at radius 2 is 2.00 bits per heavy atom. The van der Waals surface area contributed by atoms with Gasteiger partial charge in [0.2, 0.25) is 5.91 Å². The minimum Gasteiger partial charge on any atom is -0.399 e. The lowest BCUT2D eigenvalue weighted by Gasteiger charge is -2.31. The van der Waals surface area contributed by atoms with Crippen molar-refractivity contribution >= 4 is 23.4 Å². The fourth-order valence-corrected chi connectivity index (χ4v) is 3.56. The molecule has 1 fully saturated rings. The molecule has 0 aliphatic heterocycles. The summed E-state index contributed by atoms with van der Waals surface area (Å²) in [6.07, 6.45) is 7.42. The predicted octanol–water partition coefficient (Wildman–Crippen LogP) is 2.60. The lowest BCUT2D eigenvalue weighted by molar-refractivity contribution is -0.121. The molecular weight excluding hydrogens is 256 g/mol. The number of nitrogens with two attached hydrogens (primary N) is 1. The van der Waals surface area contributed by atoms with E-state index in [4.69, 9.17) is 5.73 Å². The SMILES string of the molecule is CSC1CCCCC1NC(=O)Cc1ccc(N)cc1. The van der Waals surface area contributed by atoms with E-state index in [0.717, 1.165) is 17.7 Å². The van der Waals surface area contributed by atoms with Gasteiger partial charge in [-0.05, 0) is 36.8 Å². The lowest BCUT2D eigenvalue weighted by atomic mass is 9.94. The van der Waals surface area contributed by atoms with E-state index in [0.29, 0.717) is 17.7 Å². The Balaban J connectivity index is 1.88. The van der Waals surface area contributed by atoms with Crippen LogP contribution in [-0.4, -0.2) is 23.5 Å². The summed E-state index contributed by atoms with van der Waals surface area (Å²) in [6.45, 7) is 0. The number of carbonyl (C=O) groups excluding carboxylic acids is 1. The number of amides is 1. The summed E-state index contributed by atoms with van der Waals surface area (Å²) >= 11 is 1.87. The fourth-order valence-electron chi connectivity index (χ4n) is 2.62. The molecule has 1 saturated carbocycles. The first-order valence-corrected chi connectivity index (χ1v) is 8.14. The molecular formula is C15H22N2OS. The van der Waals surface area contributed by atoms with Crippen LogP contribution < -0.4 is 11.1 Å². The summed E-state index contributed by atoms with van der Waals surface area (Å²) < 4.78 is 0. The molecule has 1 aromatic carbocycles. The summed E-state index contributed by atoms with van der Waals surface area (Å²) in [4.78, 5) is 12.1. The Morgan fingerprint density at radius 1 is 1.32 bits per heavy atom. The van der Waals surface area contributed by atoms with Crippen molar-refractivity contribution in [1.82, 2.24) is 5.32 Å². The molecule has 3 nitrogen and oxygen atoms in total. The first-order valence-electron chi connectivity index (χ1n) is 6.85. The number of nitrogens with one attached hydrogen (secondary N) is 1. The van der Waals surface area contributed by atoms with Gasteiger partial charge in [-0.1, -0.05) is 25.0 Å². The maximum atomic E-state index is 12.1. The summed E-state index contributed by atoms with van der Waals surface area (Å²) in [7, 11) is 0. The van der Waals surface area contributed by atoms with Crippen LogP contribution in [0, 0.1) is 0 Å². The molecule has 0 saturated heterocycles. The Hall–Kier alpha value is -1.16. The van der Waals surface area contributed by atoms with Gasteiger partial charge >= 0.3 is 0 Å². The van der Waals surface area contributed by atoms with E-state index in [1.165, 1.54) is 19.3 Å². The topological polar surface area (TPSA) is 55.1 Å².